The number of anilines is 1. The molecule has 0 saturated heterocycles. The maximum atomic E-state index is 12.9. The Morgan fingerprint density at radius 1 is 1.09 bits per heavy atom. The molecule has 1 saturated carbocycles. The van der Waals surface area contributed by atoms with E-state index in [1.54, 1.807) is 0 Å². The quantitative estimate of drug-likeness (QED) is 0.806. The Balaban J connectivity index is 1.95. The smallest absolute Gasteiger partial charge is 0.238 e. The number of amides is 1. The highest BCUT2D eigenvalue weighted by molar-refractivity contribution is 6.54. The van der Waals surface area contributed by atoms with Gasteiger partial charge in [0.1, 0.15) is 9.75 Å². The number of carbonyl (C=O) groups is 1. The van der Waals surface area contributed by atoms with Gasteiger partial charge in [-0.3, -0.25) is 4.79 Å². The van der Waals surface area contributed by atoms with Gasteiger partial charge in [-0.15, -0.1) is 23.2 Å². The van der Waals surface area contributed by atoms with Crippen molar-refractivity contribution in [2.45, 2.75) is 30.0 Å². The number of halogens is 2. The SMILES string of the molecule is Cc1ccc(C)c(NC(=O)C2(c3ccccc3)CC2(Cl)Cl)c1. The van der Waals surface area contributed by atoms with Crippen LogP contribution in [0.25, 0.3) is 0 Å². The van der Waals surface area contributed by atoms with Gasteiger partial charge < -0.3 is 5.32 Å². The molecule has 22 heavy (non-hydrogen) atoms. The second-order valence-corrected chi connectivity index (χ2v) is 7.41. The van der Waals surface area contributed by atoms with E-state index in [-0.39, 0.29) is 5.91 Å². The van der Waals surface area contributed by atoms with Crippen molar-refractivity contribution < 1.29 is 4.79 Å². The van der Waals surface area contributed by atoms with E-state index >= 15 is 0 Å². The molecule has 1 aliphatic rings. The number of hydrogen-bond acceptors (Lipinski definition) is 1. The largest absolute Gasteiger partial charge is 0.325 e. The Labute approximate surface area is 140 Å². The van der Waals surface area contributed by atoms with Gasteiger partial charge in [0.15, 0.2) is 0 Å². The third-order valence-electron chi connectivity index (χ3n) is 4.28. The number of aryl methyl sites for hydroxylation is 2. The Morgan fingerprint density at radius 2 is 1.73 bits per heavy atom. The van der Waals surface area contributed by atoms with Gasteiger partial charge in [-0.25, -0.2) is 0 Å². The Kier molecular flexibility index (Phi) is 3.70. The van der Waals surface area contributed by atoms with Crippen LogP contribution in [0.5, 0.6) is 0 Å². The molecule has 0 radical (unpaired) electrons. The zero-order valence-electron chi connectivity index (χ0n) is 12.5. The molecule has 1 N–H and O–H groups in total. The van der Waals surface area contributed by atoms with Gasteiger partial charge >= 0.3 is 0 Å². The average Bonchev–Trinajstić information content (AvgIpc) is 3.08. The Hall–Kier alpha value is -1.51. The lowest BCUT2D eigenvalue weighted by molar-refractivity contribution is -0.118. The summed E-state index contributed by atoms with van der Waals surface area (Å²) in [5.41, 5.74) is 2.87. The summed E-state index contributed by atoms with van der Waals surface area (Å²) in [5.74, 6) is -0.155. The summed E-state index contributed by atoms with van der Waals surface area (Å²) in [4.78, 5) is 12.9. The van der Waals surface area contributed by atoms with Crippen LogP contribution >= 0.6 is 23.2 Å². The van der Waals surface area contributed by atoms with E-state index in [2.05, 4.69) is 5.32 Å². The third-order valence-corrected chi connectivity index (χ3v) is 5.19. The van der Waals surface area contributed by atoms with E-state index in [4.69, 9.17) is 23.2 Å². The van der Waals surface area contributed by atoms with Crippen molar-refractivity contribution in [2.24, 2.45) is 0 Å². The summed E-state index contributed by atoms with van der Waals surface area (Å²) in [6.07, 6.45) is 0.420. The highest BCUT2D eigenvalue weighted by Gasteiger charge is 2.72. The fourth-order valence-electron chi connectivity index (χ4n) is 2.80. The fourth-order valence-corrected chi connectivity index (χ4v) is 3.59. The number of benzene rings is 2. The van der Waals surface area contributed by atoms with Crippen LogP contribution in [-0.4, -0.2) is 10.2 Å². The average molecular weight is 334 g/mol. The first-order chi connectivity index (χ1) is 10.4. The number of hydrogen-bond donors (Lipinski definition) is 1. The van der Waals surface area contributed by atoms with Crippen LogP contribution in [0.4, 0.5) is 5.69 Å². The molecular formula is C18H17Cl2NO. The van der Waals surface area contributed by atoms with Gasteiger partial charge in [-0.05, 0) is 36.6 Å². The molecule has 3 rings (SSSR count). The number of alkyl halides is 2. The molecule has 114 valence electrons. The lowest BCUT2D eigenvalue weighted by Gasteiger charge is -2.19. The van der Waals surface area contributed by atoms with Crippen LogP contribution < -0.4 is 5.32 Å². The van der Waals surface area contributed by atoms with Crippen LogP contribution in [0.3, 0.4) is 0 Å². The lowest BCUT2D eigenvalue weighted by Crippen LogP contribution is -2.32. The summed E-state index contributed by atoms with van der Waals surface area (Å²) >= 11 is 12.7. The molecule has 2 nitrogen and oxygen atoms in total. The summed E-state index contributed by atoms with van der Waals surface area (Å²) in [5, 5.41) is 3.00. The van der Waals surface area contributed by atoms with E-state index in [0.717, 1.165) is 22.4 Å². The topological polar surface area (TPSA) is 29.1 Å². The molecule has 0 aromatic heterocycles. The van der Waals surface area contributed by atoms with Crippen LogP contribution in [-0.2, 0) is 10.2 Å². The minimum Gasteiger partial charge on any atom is -0.325 e. The summed E-state index contributed by atoms with van der Waals surface area (Å²) < 4.78 is -1.06. The fraction of sp³-hybridized carbons (Fsp3) is 0.278. The van der Waals surface area contributed by atoms with Crippen molar-refractivity contribution in [3.8, 4) is 0 Å². The molecule has 1 unspecified atom stereocenters. The van der Waals surface area contributed by atoms with Crippen molar-refractivity contribution in [1.29, 1.82) is 0 Å². The summed E-state index contributed by atoms with van der Waals surface area (Å²) in [6, 6.07) is 15.5. The molecule has 2 aromatic carbocycles. The van der Waals surface area contributed by atoms with Crippen molar-refractivity contribution in [3.05, 3.63) is 65.2 Å². The van der Waals surface area contributed by atoms with Gasteiger partial charge in [-0.1, -0.05) is 42.5 Å². The lowest BCUT2D eigenvalue weighted by atomic mass is 9.94. The number of rotatable bonds is 3. The Bertz CT molecular complexity index is 727. The predicted molar refractivity (Wildman–Crippen MR) is 91.7 cm³/mol. The molecule has 1 aliphatic carbocycles. The molecular weight excluding hydrogens is 317 g/mol. The van der Waals surface area contributed by atoms with Gasteiger partial charge in [0, 0.05) is 12.1 Å². The van der Waals surface area contributed by atoms with Crippen molar-refractivity contribution in [2.75, 3.05) is 5.32 Å². The van der Waals surface area contributed by atoms with E-state index in [0.29, 0.717) is 6.42 Å². The van der Waals surface area contributed by atoms with Crippen molar-refractivity contribution in [1.82, 2.24) is 0 Å². The Morgan fingerprint density at radius 3 is 2.32 bits per heavy atom. The predicted octanol–water partition coefficient (Wildman–Crippen LogP) is 4.76. The maximum absolute atomic E-state index is 12.9. The molecule has 1 atom stereocenters. The molecule has 1 fully saturated rings. The minimum atomic E-state index is -1.06. The molecule has 0 aliphatic heterocycles. The van der Waals surface area contributed by atoms with Gasteiger partial charge in [0.2, 0.25) is 5.91 Å². The van der Waals surface area contributed by atoms with E-state index in [1.165, 1.54) is 0 Å². The van der Waals surface area contributed by atoms with E-state index in [1.807, 2.05) is 62.4 Å². The first kappa shape index (κ1) is 15.4. The van der Waals surface area contributed by atoms with Crippen LogP contribution in [0.2, 0.25) is 0 Å². The first-order valence-electron chi connectivity index (χ1n) is 7.19. The van der Waals surface area contributed by atoms with E-state index < -0.39 is 9.75 Å². The van der Waals surface area contributed by atoms with Crippen LogP contribution in [0, 0.1) is 13.8 Å². The normalized spacial score (nSPS) is 22.2. The zero-order chi connectivity index (χ0) is 16.0. The summed E-state index contributed by atoms with van der Waals surface area (Å²) in [6.45, 7) is 3.96. The number of carbonyl (C=O) groups excluding carboxylic acids is 1. The standard InChI is InChI=1S/C18H17Cl2NO/c1-12-8-9-13(2)15(10-12)21-16(22)17(11-18(17,19)20)14-6-4-3-5-7-14/h3-10H,11H2,1-2H3,(H,21,22). The zero-order valence-corrected chi connectivity index (χ0v) is 14.0. The van der Waals surface area contributed by atoms with Gasteiger partial charge in [0.05, 0.1) is 0 Å². The molecule has 0 heterocycles. The van der Waals surface area contributed by atoms with Gasteiger partial charge in [-0.2, -0.15) is 0 Å². The van der Waals surface area contributed by atoms with Crippen molar-refractivity contribution in [3.63, 3.8) is 0 Å². The molecule has 0 spiro atoms. The van der Waals surface area contributed by atoms with Gasteiger partial charge in [0.25, 0.3) is 0 Å². The number of nitrogens with one attached hydrogen (secondary N) is 1. The highest BCUT2D eigenvalue weighted by Crippen LogP contribution is 2.65. The molecule has 0 bridgehead atoms. The molecule has 2 aromatic rings. The minimum absolute atomic E-state index is 0.155. The second-order valence-electron chi connectivity index (χ2n) is 5.93. The monoisotopic (exact) mass is 333 g/mol. The molecule has 1 amide bonds. The summed E-state index contributed by atoms with van der Waals surface area (Å²) in [7, 11) is 0. The van der Waals surface area contributed by atoms with Crippen LogP contribution in [0.15, 0.2) is 48.5 Å². The third kappa shape index (κ3) is 2.41. The van der Waals surface area contributed by atoms with Crippen LogP contribution in [0.1, 0.15) is 23.1 Å². The van der Waals surface area contributed by atoms with Crippen molar-refractivity contribution >= 4 is 34.8 Å². The second kappa shape index (κ2) is 5.29. The highest BCUT2D eigenvalue weighted by atomic mass is 35.5. The van der Waals surface area contributed by atoms with E-state index in [9.17, 15) is 4.79 Å². The molecule has 4 heteroatoms. The first-order valence-corrected chi connectivity index (χ1v) is 7.94. The maximum Gasteiger partial charge on any atom is 0.238 e.